The summed E-state index contributed by atoms with van der Waals surface area (Å²) in [6, 6.07) is -14.6. The molecule has 0 aliphatic heterocycles. The van der Waals surface area contributed by atoms with Crippen LogP contribution in [0.15, 0.2) is 0 Å². The van der Waals surface area contributed by atoms with Crippen molar-refractivity contribution in [2.75, 3.05) is 0 Å². The monoisotopic (exact) mass is 686 g/mol. The van der Waals surface area contributed by atoms with Crippen LogP contribution >= 0.6 is 0 Å². The van der Waals surface area contributed by atoms with Gasteiger partial charge in [-0.05, 0) is 0 Å². The highest BCUT2D eigenvalue weighted by Gasteiger charge is 2.56. The molecule has 0 radical (unpaired) electrons. The lowest BCUT2D eigenvalue weighted by molar-refractivity contribution is -0.134. The van der Waals surface area contributed by atoms with Gasteiger partial charge in [-0.1, -0.05) is 0 Å². The van der Waals surface area contributed by atoms with Crippen molar-refractivity contribution >= 4 is 27.0 Å². The molecule has 39 heavy (non-hydrogen) atoms. The molecule has 0 atom stereocenters. The number of rotatable bonds is 6. The lowest BCUT2D eigenvalue weighted by Crippen LogP contribution is -2.46. The molecule has 0 saturated heterocycles. The van der Waals surface area contributed by atoms with Crippen molar-refractivity contribution in [1.82, 2.24) is 0 Å². The number of hydrogen-bond donors (Lipinski definition) is 4. The Morgan fingerprint density at radius 3 is 0.513 bits per heavy atom. The van der Waals surface area contributed by atoms with Crippen LogP contribution in [0.5, 0.6) is 0 Å². The maximum Gasteiger partial charge on any atom is 0.394 e. The molecule has 0 aromatic rings. The van der Waals surface area contributed by atoms with E-state index in [2.05, 4.69) is 0 Å². The fraction of sp³-hybridized carbons (Fsp3) is 1.00. The molecular weight excluding hydrogens is 670 g/mol. The minimum atomic E-state index is -5.53. The standard InChI is InChI=1S/2C6H7F9OSi.H2O4S/c2*7-4(8,9)1-17(16,2-5(10,11)12)3-6(13,14)15;1-5(2,3)4/h2*16H,1-3H2;(H2,1,2,3,4). The Morgan fingerprint density at radius 2 is 0.462 bits per heavy atom. The van der Waals surface area contributed by atoms with Gasteiger partial charge in [0.1, 0.15) is 0 Å². The minimum absolute atomic E-state index is 2.43. The first-order chi connectivity index (χ1) is 16.2. The van der Waals surface area contributed by atoms with Crippen molar-refractivity contribution in [3.8, 4) is 0 Å². The van der Waals surface area contributed by atoms with Gasteiger partial charge < -0.3 is 9.59 Å². The average molecular weight is 686 g/mol. The normalized spacial score (nSPS) is 14.7. The topological polar surface area (TPSA) is 115 Å². The van der Waals surface area contributed by atoms with Crippen LogP contribution in [-0.2, 0) is 10.4 Å². The van der Waals surface area contributed by atoms with Crippen molar-refractivity contribution < 1.29 is 106 Å². The molecule has 0 heterocycles. The molecule has 0 unspecified atom stereocenters. The third-order valence-electron chi connectivity index (χ3n) is 3.18. The maximum atomic E-state index is 11.8. The Labute approximate surface area is 207 Å². The van der Waals surface area contributed by atoms with Gasteiger partial charge in [-0.15, -0.1) is 0 Å². The molecule has 0 amide bonds. The highest BCUT2D eigenvalue weighted by molar-refractivity contribution is 7.79. The molecule has 0 aromatic heterocycles. The van der Waals surface area contributed by atoms with E-state index in [1.165, 1.54) is 0 Å². The van der Waals surface area contributed by atoms with Crippen molar-refractivity contribution in [2.45, 2.75) is 73.3 Å². The van der Waals surface area contributed by atoms with E-state index in [0.717, 1.165) is 0 Å². The van der Waals surface area contributed by atoms with Gasteiger partial charge in [0.2, 0.25) is 16.6 Å². The van der Waals surface area contributed by atoms with E-state index in [4.69, 9.17) is 27.1 Å². The summed E-state index contributed by atoms with van der Waals surface area (Å²) >= 11 is 0. The van der Waals surface area contributed by atoms with E-state index in [-0.39, 0.29) is 0 Å². The van der Waals surface area contributed by atoms with Crippen molar-refractivity contribution in [1.29, 1.82) is 0 Å². The average Bonchev–Trinajstić information content (AvgIpc) is 2.28. The molecular formula is C12H16F18O6SSi2. The molecule has 0 aliphatic rings. The summed E-state index contributed by atoms with van der Waals surface area (Å²) in [7, 11) is -15.7. The van der Waals surface area contributed by atoms with E-state index in [1.54, 1.807) is 0 Å². The second-order valence-corrected chi connectivity index (χ2v) is 15.6. The van der Waals surface area contributed by atoms with Crippen LogP contribution in [0, 0.1) is 0 Å². The third kappa shape index (κ3) is 37.0. The summed E-state index contributed by atoms with van der Waals surface area (Å²) in [6.45, 7) is 0. The molecule has 240 valence electrons. The quantitative estimate of drug-likeness (QED) is 0.143. The Bertz CT molecular complexity index is 683. The Hall–Kier alpha value is -1.04. The van der Waals surface area contributed by atoms with Crippen molar-refractivity contribution in [3.63, 3.8) is 0 Å². The molecule has 0 aromatic carbocycles. The molecule has 6 nitrogen and oxygen atoms in total. The van der Waals surface area contributed by atoms with E-state index < -0.39 is 100 Å². The van der Waals surface area contributed by atoms with Gasteiger partial charge >= 0.3 is 47.5 Å². The highest BCUT2D eigenvalue weighted by atomic mass is 32.3. The Morgan fingerprint density at radius 1 is 0.385 bits per heavy atom. The predicted molar refractivity (Wildman–Crippen MR) is 95.3 cm³/mol. The number of halogens is 18. The van der Waals surface area contributed by atoms with Crippen LogP contribution in [0.1, 0.15) is 0 Å². The Kier molecular flexibility index (Phi) is 15.0. The van der Waals surface area contributed by atoms with E-state index in [0.29, 0.717) is 0 Å². The summed E-state index contributed by atoms with van der Waals surface area (Å²) in [6.07, 6.45) is -31.6. The van der Waals surface area contributed by atoms with Crippen LogP contribution in [-0.4, -0.2) is 80.8 Å². The first kappa shape index (κ1) is 42.4. The van der Waals surface area contributed by atoms with Crippen LogP contribution in [0.25, 0.3) is 0 Å². The second-order valence-electron chi connectivity index (χ2n) is 7.65. The molecule has 27 heteroatoms. The van der Waals surface area contributed by atoms with Gasteiger partial charge in [0.25, 0.3) is 0 Å². The zero-order valence-corrected chi connectivity index (χ0v) is 20.9. The minimum Gasteiger partial charge on any atom is -0.431 e. The van der Waals surface area contributed by atoms with Gasteiger partial charge in [-0.3, -0.25) is 9.11 Å². The van der Waals surface area contributed by atoms with Crippen LogP contribution < -0.4 is 0 Å². The fourth-order valence-corrected chi connectivity index (χ4v) is 7.84. The van der Waals surface area contributed by atoms with E-state index in [9.17, 15) is 79.0 Å². The summed E-state index contributed by atoms with van der Waals surface area (Å²) in [4.78, 5) is 18.0. The van der Waals surface area contributed by atoms with E-state index >= 15 is 0 Å². The van der Waals surface area contributed by atoms with Gasteiger partial charge in [-0.25, -0.2) is 0 Å². The summed E-state index contributed by atoms with van der Waals surface area (Å²) in [5, 5.41) is 0. The van der Waals surface area contributed by atoms with E-state index in [1.807, 2.05) is 0 Å². The zero-order valence-electron chi connectivity index (χ0n) is 18.1. The molecule has 0 rings (SSSR count). The molecule has 0 bridgehead atoms. The third-order valence-corrected chi connectivity index (χ3v) is 9.53. The molecule has 0 fully saturated rings. The van der Waals surface area contributed by atoms with Crippen LogP contribution in [0.3, 0.4) is 0 Å². The summed E-state index contributed by atoms with van der Waals surface area (Å²) in [5.41, 5.74) is 0. The molecule has 4 N–H and O–H groups in total. The molecule has 0 aliphatic carbocycles. The number of alkyl halides is 18. The van der Waals surface area contributed by atoms with Crippen LogP contribution in [0.2, 0.25) is 36.3 Å². The van der Waals surface area contributed by atoms with Gasteiger partial charge in [0, 0.05) is 0 Å². The predicted octanol–water partition coefficient (Wildman–Crippen LogP) is 6.57. The van der Waals surface area contributed by atoms with Gasteiger partial charge in [0.05, 0.1) is 36.3 Å². The smallest absolute Gasteiger partial charge is 0.394 e. The lowest BCUT2D eigenvalue weighted by atomic mass is 10.7. The highest BCUT2D eigenvalue weighted by Crippen LogP contribution is 2.42. The van der Waals surface area contributed by atoms with Gasteiger partial charge in [-0.2, -0.15) is 87.4 Å². The molecule has 0 spiro atoms. The van der Waals surface area contributed by atoms with Crippen molar-refractivity contribution in [3.05, 3.63) is 0 Å². The van der Waals surface area contributed by atoms with Crippen LogP contribution in [0.4, 0.5) is 79.0 Å². The van der Waals surface area contributed by atoms with Gasteiger partial charge in [0.15, 0.2) is 0 Å². The first-order valence-corrected chi connectivity index (χ1v) is 15.3. The van der Waals surface area contributed by atoms with Crippen molar-refractivity contribution in [2.24, 2.45) is 0 Å². The fourth-order valence-electron chi connectivity index (χ4n) is 2.61. The summed E-state index contributed by atoms with van der Waals surface area (Å²) in [5.74, 6) is 0. The largest absolute Gasteiger partial charge is 0.431 e. The number of hydrogen-bond acceptors (Lipinski definition) is 4. The summed E-state index contributed by atoms with van der Waals surface area (Å²) < 4.78 is 245. The second kappa shape index (κ2) is 13.8. The lowest BCUT2D eigenvalue weighted by Gasteiger charge is -2.28. The zero-order chi connectivity index (χ0) is 32.7. The Balaban J connectivity index is -0.000000566. The first-order valence-electron chi connectivity index (χ1n) is 8.79. The molecule has 0 saturated carbocycles. The SMILES string of the molecule is O=S(=O)(O)O.O[Si](CC(F)(F)F)(CC(F)(F)F)CC(F)(F)F.O[Si](CC(F)(F)F)(CC(F)(F)F)CC(F)(F)F. The maximum absolute atomic E-state index is 11.8.